The number of nitrogens with one attached hydrogen (secondary N) is 1. The van der Waals surface area contributed by atoms with Crippen LogP contribution in [0.2, 0.25) is 0 Å². The summed E-state index contributed by atoms with van der Waals surface area (Å²) in [6.07, 6.45) is 3.37. The van der Waals surface area contributed by atoms with Gasteiger partial charge in [-0.15, -0.1) is 0 Å². The Bertz CT molecular complexity index is 620. The second kappa shape index (κ2) is 6.55. The number of hydrogen-bond donors (Lipinski definition) is 1. The fraction of sp³-hybridized carbons (Fsp3) is 0.467. The molecule has 2 aromatic heterocycles. The van der Waals surface area contributed by atoms with Crippen LogP contribution in [-0.4, -0.2) is 45.7 Å². The van der Waals surface area contributed by atoms with Gasteiger partial charge in [-0.25, -0.2) is 4.79 Å². The van der Waals surface area contributed by atoms with Gasteiger partial charge in [-0.05, 0) is 31.9 Å². The molecule has 0 radical (unpaired) electrons. The Hall–Kier alpha value is -2.44. The molecule has 0 atom stereocenters. The molecule has 3 rings (SSSR count). The average Bonchev–Trinajstić information content (AvgIpc) is 3.06. The maximum absolute atomic E-state index is 11.8. The largest absolute Gasteiger partial charge is 0.339 e. The molecule has 0 spiro atoms. The first-order chi connectivity index (χ1) is 10.8. The Morgan fingerprint density at radius 2 is 2.23 bits per heavy atom. The number of urea groups is 1. The molecular weight excluding hydrogens is 282 g/mol. The van der Waals surface area contributed by atoms with Crippen LogP contribution in [0, 0.1) is 0 Å². The Labute approximate surface area is 128 Å². The maximum atomic E-state index is 11.8. The van der Waals surface area contributed by atoms with E-state index in [1.807, 2.05) is 30.0 Å². The van der Waals surface area contributed by atoms with Gasteiger partial charge in [0.25, 0.3) is 0 Å². The van der Waals surface area contributed by atoms with Gasteiger partial charge in [0.15, 0.2) is 0 Å². The predicted octanol–water partition coefficient (Wildman–Crippen LogP) is 2.04. The summed E-state index contributed by atoms with van der Waals surface area (Å²) in [6, 6.07) is 5.59. The number of pyridine rings is 1. The van der Waals surface area contributed by atoms with Crippen LogP contribution in [0.5, 0.6) is 0 Å². The smallest absolute Gasteiger partial charge is 0.317 e. The number of nitrogens with zero attached hydrogens (tertiary/aromatic N) is 4. The van der Waals surface area contributed by atoms with Crippen molar-refractivity contribution in [3.05, 3.63) is 30.3 Å². The minimum atomic E-state index is 0.000605. The van der Waals surface area contributed by atoms with E-state index in [4.69, 9.17) is 4.52 Å². The van der Waals surface area contributed by atoms with Crippen LogP contribution in [0.1, 0.15) is 31.6 Å². The fourth-order valence-electron chi connectivity index (χ4n) is 2.59. The van der Waals surface area contributed by atoms with Crippen LogP contribution in [0.15, 0.2) is 28.9 Å². The lowest BCUT2D eigenvalue weighted by Crippen LogP contribution is -2.44. The topological polar surface area (TPSA) is 84.2 Å². The van der Waals surface area contributed by atoms with Crippen molar-refractivity contribution in [2.24, 2.45) is 0 Å². The fourth-order valence-corrected chi connectivity index (χ4v) is 2.59. The number of aromatic nitrogens is 3. The van der Waals surface area contributed by atoms with Crippen LogP contribution in [0.4, 0.5) is 4.79 Å². The molecule has 0 aromatic carbocycles. The number of piperidine rings is 1. The van der Waals surface area contributed by atoms with Crippen LogP contribution in [0.3, 0.4) is 0 Å². The number of hydrogen-bond acceptors (Lipinski definition) is 5. The molecular formula is C15H19N5O2. The molecule has 1 fully saturated rings. The quantitative estimate of drug-likeness (QED) is 0.937. The summed E-state index contributed by atoms with van der Waals surface area (Å²) < 4.78 is 5.38. The van der Waals surface area contributed by atoms with E-state index in [1.54, 1.807) is 6.20 Å². The molecule has 0 aliphatic carbocycles. The lowest BCUT2D eigenvalue weighted by molar-refractivity contribution is 0.176. The lowest BCUT2D eigenvalue weighted by atomic mass is 9.97. The zero-order chi connectivity index (χ0) is 15.4. The molecule has 2 aromatic rings. The molecule has 7 nitrogen and oxygen atoms in total. The highest BCUT2D eigenvalue weighted by atomic mass is 16.5. The van der Waals surface area contributed by atoms with Crippen LogP contribution in [-0.2, 0) is 0 Å². The molecule has 22 heavy (non-hydrogen) atoms. The van der Waals surface area contributed by atoms with Crippen LogP contribution >= 0.6 is 0 Å². The van der Waals surface area contributed by atoms with Gasteiger partial charge in [0, 0.05) is 31.7 Å². The molecule has 3 heterocycles. The number of likely N-dealkylation sites (tertiary alicyclic amines) is 1. The minimum Gasteiger partial charge on any atom is -0.339 e. The first kappa shape index (κ1) is 14.5. The van der Waals surface area contributed by atoms with Gasteiger partial charge in [0.1, 0.15) is 5.69 Å². The van der Waals surface area contributed by atoms with Crippen LogP contribution in [0.25, 0.3) is 11.5 Å². The molecule has 0 unspecified atom stereocenters. The van der Waals surface area contributed by atoms with Crippen molar-refractivity contribution in [1.82, 2.24) is 25.3 Å². The van der Waals surface area contributed by atoms with E-state index in [2.05, 4.69) is 20.4 Å². The van der Waals surface area contributed by atoms with Crippen molar-refractivity contribution >= 4 is 6.03 Å². The highest BCUT2D eigenvalue weighted by Crippen LogP contribution is 2.28. The van der Waals surface area contributed by atoms with E-state index in [-0.39, 0.29) is 11.9 Å². The van der Waals surface area contributed by atoms with E-state index in [9.17, 15) is 4.79 Å². The molecule has 116 valence electrons. The molecule has 1 aliphatic rings. The van der Waals surface area contributed by atoms with Crippen molar-refractivity contribution in [2.75, 3.05) is 19.6 Å². The second-order valence-corrected chi connectivity index (χ2v) is 5.27. The lowest BCUT2D eigenvalue weighted by Gasteiger charge is -2.30. The van der Waals surface area contributed by atoms with Crippen molar-refractivity contribution in [2.45, 2.75) is 25.7 Å². The molecule has 7 heteroatoms. The van der Waals surface area contributed by atoms with E-state index in [0.29, 0.717) is 37.0 Å². The molecule has 1 saturated heterocycles. The predicted molar refractivity (Wildman–Crippen MR) is 80.1 cm³/mol. The second-order valence-electron chi connectivity index (χ2n) is 5.27. The first-order valence-electron chi connectivity index (χ1n) is 7.55. The number of amides is 2. The van der Waals surface area contributed by atoms with Gasteiger partial charge < -0.3 is 14.7 Å². The first-order valence-corrected chi connectivity index (χ1v) is 7.55. The Kier molecular flexibility index (Phi) is 4.32. The van der Waals surface area contributed by atoms with E-state index in [1.165, 1.54) is 0 Å². The van der Waals surface area contributed by atoms with Crippen molar-refractivity contribution in [3.8, 4) is 11.5 Å². The van der Waals surface area contributed by atoms with Gasteiger partial charge in [-0.3, -0.25) is 4.98 Å². The Morgan fingerprint density at radius 1 is 1.41 bits per heavy atom. The van der Waals surface area contributed by atoms with Crippen molar-refractivity contribution in [1.29, 1.82) is 0 Å². The molecule has 0 saturated carbocycles. The van der Waals surface area contributed by atoms with Gasteiger partial charge in [0.2, 0.25) is 11.7 Å². The third-order valence-corrected chi connectivity index (χ3v) is 3.80. The van der Waals surface area contributed by atoms with E-state index < -0.39 is 0 Å². The number of carbonyl (C=O) groups is 1. The highest BCUT2D eigenvalue weighted by molar-refractivity contribution is 5.74. The zero-order valence-corrected chi connectivity index (χ0v) is 12.5. The normalized spacial score (nSPS) is 15.8. The van der Waals surface area contributed by atoms with Gasteiger partial charge >= 0.3 is 6.03 Å². The summed E-state index contributed by atoms with van der Waals surface area (Å²) in [4.78, 5) is 22.3. The molecule has 0 bridgehead atoms. The number of carbonyl (C=O) groups excluding carboxylic acids is 1. The zero-order valence-electron chi connectivity index (χ0n) is 12.5. The third-order valence-electron chi connectivity index (χ3n) is 3.80. The summed E-state index contributed by atoms with van der Waals surface area (Å²) in [6.45, 7) is 3.98. The van der Waals surface area contributed by atoms with Gasteiger partial charge in [0.05, 0.1) is 0 Å². The summed E-state index contributed by atoms with van der Waals surface area (Å²) in [7, 11) is 0. The van der Waals surface area contributed by atoms with Crippen molar-refractivity contribution in [3.63, 3.8) is 0 Å². The standard InChI is InChI=1S/C15H19N5O2/c1-2-16-15(21)20-9-6-11(7-10-20)14-18-13(19-22-14)12-5-3-4-8-17-12/h3-5,8,11H,2,6-7,9-10H2,1H3,(H,16,21). The highest BCUT2D eigenvalue weighted by Gasteiger charge is 2.27. The number of rotatable bonds is 3. The minimum absolute atomic E-state index is 0.000605. The summed E-state index contributed by atoms with van der Waals surface area (Å²) in [5.74, 6) is 1.36. The summed E-state index contributed by atoms with van der Waals surface area (Å²) >= 11 is 0. The van der Waals surface area contributed by atoms with E-state index >= 15 is 0 Å². The maximum Gasteiger partial charge on any atom is 0.317 e. The summed E-state index contributed by atoms with van der Waals surface area (Å²) in [5.41, 5.74) is 0.706. The van der Waals surface area contributed by atoms with Gasteiger partial charge in [-0.2, -0.15) is 4.98 Å². The Balaban J connectivity index is 1.63. The molecule has 1 aliphatic heterocycles. The monoisotopic (exact) mass is 301 g/mol. The third kappa shape index (κ3) is 3.08. The van der Waals surface area contributed by atoms with Gasteiger partial charge in [-0.1, -0.05) is 11.2 Å². The summed E-state index contributed by atoms with van der Waals surface area (Å²) in [5, 5.41) is 6.83. The van der Waals surface area contributed by atoms with Crippen LogP contribution < -0.4 is 5.32 Å². The molecule has 2 amide bonds. The van der Waals surface area contributed by atoms with Crippen molar-refractivity contribution < 1.29 is 9.32 Å². The SMILES string of the molecule is CCNC(=O)N1CCC(c2nc(-c3ccccn3)no2)CC1. The Morgan fingerprint density at radius 3 is 2.91 bits per heavy atom. The van der Waals surface area contributed by atoms with E-state index in [0.717, 1.165) is 12.8 Å². The average molecular weight is 301 g/mol. The molecule has 1 N–H and O–H groups in total.